The minimum absolute atomic E-state index is 0.749. The number of fused-ring (bicyclic) bond motifs is 5. The summed E-state index contributed by atoms with van der Waals surface area (Å²) in [6.07, 6.45) is 2.73. The highest BCUT2D eigenvalue weighted by Gasteiger charge is 2.47. The number of hydrogen-bond donors (Lipinski definition) is 0. The van der Waals surface area contributed by atoms with Crippen molar-refractivity contribution >= 4 is 11.6 Å². The Kier molecular flexibility index (Phi) is 2.10. The Balaban J connectivity index is 2.13. The van der Waals surface area contributed by atoms with Gasteiger partial charge < -0.3 is 0 Å². The van der Waals surface area contributed by atoms with Crippen molar-refractivity contribution in [2.45, 2.75) is 38.5 Å². The maximum Gasteiger partial charge on any atom is 0.0443 e. The van der Waals surface area contributed by atoms with E-state index in [9.17, 15) is 0 Å². The zero-order valence-electron chi connectivity index (χ0n) is 9.33. The van der Waals surface area contributed by atoms with Crippen LogP contribution in [0.25, 0.3) is 0 Å². The smallest absolute Gasteiger partial charge is 0.0443 e. The average molecular weight is 221 g/mol. The van der Waals surface area contributed by atoms with Crippen LogP contribution in [0.4, 0.5) is 0 Å². The number of halogens is 1. The first-order chi connectivity index (χ1) is 7.20. The van der Waals surface area contributed by atoms with E-state index in [0.29, 0.717) is 0 Å². The van der Waals surface area contributed by atoms with E-state index in [1.165, 1.54) is 18.4 Å². The Bertz CT molecular complexity index is 394. The molecule has 1 heteroatoms. The molecular formula is C14H17Cl. The lowest BCUT2D eigenvalue weighted by molar-refractivity contribution is 0.352. The van der Waals surface area contributed by atoms with E-state index in [1.54, 1.807) is 5.56 Å². The SMILES string of the molecule is CC(C)C1C2CCC1c1c(Cl)cccc12. The molecule has 2 aliphatic carbocycles. The van der Waals surface area contributed by atoms with Gasteiger partial charge in [0.1, 0.15) is 0 Å². The number of benzene rings is 1. The molecule has 3 atom stereocenters. The molecule has 1 fully saturated rings. The fourth-order valence-electron chi connectivity index (χ4n) is 3.92. The second-order valence-electron chi connectivity index (χ2n) is 5.35. The molecule has 2 bridgehead atoms. The minimum atomic E-state index is 0.749. The van der Waals surface area contributed by atoms with E-state index in [1.807, 2.05) is 0 Å². The first kappa shape index (κ1) is 9.72. The van der Waals surface area contributed by atoms with Crippen LogP contribution in [0.1, 0.15) is 49.7 Å². The quantitative estimate of drug-likeness (QED) is 0.650. The molecule has 3 unspecified atom stereocenters. The van der Waals surface area contributed by atoms with Crippen LogP contribution in [0.3, 0.4) is 0 Å². The van der Waals surface area contributed by atoms with Crippen molar-refractivity contribution in [3.63, 3.8) is 0 Å². The summed E-state index contributed by atoms with van der Waals surface area (Å²) in [5.74, 6) is 3.17. The van der Waals surface area contributed by atoms with E-state index < -0.39 is 0 Å². The first-order valence-electron chi connectivity index (χ1n) is 5.98. The van der Waals surface area contributed by atoms with Crippen LogP contribution in [-0.2, 0) is 0 Å². The van der Waals surface area contributed by atoms with Crippen molar-refractivity contribution in [3.8, 4) is 0 Å². The van der Waals surface area contributed by atoms with Gasteiger partial charge in [-0.3, -0.25) is 0 Å². The molecule has 0 amide bonds. The second-order valence-corrected chi connectivity index (χ2v) is 5.76. The largest absolute Gasteiger partial charge is 0.0840 e. The van der Waals surface area contributed by atoms with Gasteiger partial charge in [-0.15, -0.1) is 0 Å². The highest BCUT2D eigenvalue weighted by Crippen LogP contribution is 2.60. The van der Waals surface area contributed by atoms with Crippen molar-refractivity contribution in [2.75, 3.05) is 0 Å². The van der Waals surface area contributed by atoms with Crippen LogP contribution < -0.4 is 0 Å². The molecule has 0 spiro atoms. The van der Waals surface area contributed by atoms with Crippen LogP contribution >= 0.6 is 11.6 Å². The van der Waals surface area contributed by atoms with Crippen molar-refractivity contribution in [1.29, 1.82) is 0 Å². The topological polar surface area (TPSA) is 0 Å². The fourth-order valence-corrected chi connectivity index (χ4v) is 4.24. The predicted molar refractivity (Wildman–Crippen MR) is 64.5 cm³/mol. The van der Waals surface area contributed by atoms with Crippen molar-refractivity contribution in [1.82, 2.24) is 0 Å². The molecule has 0 nitrogen and oxygen atoms in total. The molecule has 1 aromatic rings. The van der Waals surface area contributed by atoms with Crippen LogP contribution in [0, 0.1) is 11.8 Å². The lowest BCUT2D eigenvalue weighted by Crippen LogP contribution is -2.11. The Morgan fingerprint density at radius 2 is 1.93 bits per heavy atom. The molecule has 0 N–H and O–H groups in total. The molecule has 2 aliphatic rings. The summed E-state index contributed by atoms with van der Waals surface area (Å²) in [6, 6.07) is 6.46. The Morgan fingerprint density at radius 1 is 1.20 bits per heavy atom. The monoisotopic (exact) mass is 220 g/mol. The van der Waals surface area contributed by atoms with Gasteiger partial charge in [0.2, 0.25) is 0 Å². The summed E-state index contributed by atoms with van der Waals surface area (Å²) in [4.78, 5) is 0. The van der Waals surface area contributed by atoms with E-state index in [4.69, 9.17) is 11.6 Å². The first-order valence-corrected chi connectivity index (χ1v) is 6.36. The Hall–Kier alpha value is -0.490. The van der Waals surface area contributed by atoms with E-state index in [2.05, 4.69) is 32.0 Å². The van der Waals surface area contributed by atoms with Gasteiger partial charge >= 0.3 is 0 Å². The van der Waals surface area contributed by atoms with Crippen molar-refractivity contribution in [2.24, 2.45) is 11.8 Å². The summed E-state index contributed by atoms with van der Waals surface area (Å²) < 4.78 is 0. The Morgan fingerprint density at radius 3 is 2.60 bits per heavy atom. The molecule has 1 saturated carbocycles. The molecular weight excluding hydrogens is 204 g/mol. The molecule has 1 aromatic carbocycles. The predicted octanol–water partition coefficient (Wildman–Crippen LogP) is 4.59. The minimum Gasteiger partial charge on any atom is -0.0840 e. The average Bonchev–Trinajstić information content (AvgIpc) is 2.73. The zero-order chi connectivity index (χ0) is 10.6. The van der Waals surface area contributed by atoms with Crippen LogP contribution in [0.5, 0.6) is 0 Å². The van der Waals surface area contributed by atoms with Crippen LogP contribution in [0.15, 0.2) is 18.2 Å². The van der Waals surface area contributed by atoms with Gasteiger partial charge in [-0.1, -0.05) is 37.6 Å². The summed E-state index contributed by atoms with van der Waals surface area (Å²) >= 11 is 6.33. The van der Waals surface area contributed by atoms with Gasteiger partial charge in [-0.25, -0.2) is 0 Å². The highest BCUT2D eigenvalue weighted by molar-refractivity contribution is 6.31. The van der Waals surface area contributed by atoms with E-state index >= 15 is 0 Å². The standard InChI is InChI=1S/C14H17Cl/c1-8(2)13-10-6-7-11(13)14-9(10)4-3-5-12(14)15/h3-5,8,10-11,13H,6-7H2,1-2H3. The molecule has 15 heavy (non-hydrogen) atoms. The summed E-state index contributed by atoms with van der Waals surface area (Å²) in [5.41, 5.74) is 3.03. The van der Waals surface area contributed by atoms with Crippen molar-refractivity contribution < 1.29 is 0 Å². The van der Waals surface area contributed by atoms with Gasteiger partial charge in [0, 0.05) is 5.02 Å². The van der Waals surface area contributed by atoms with Crippen LogP contribution in [-0.4, -0.2) is 0 Å². The molecule has 3 rings (SSSR count). The normalized spacial score (nSPS) is 32.4. The third-order valence-corrected chi connectivity index (χ3v) is 4.67. The summed E-state index contributed by atoms with van der Waals surface area (Å²) in [5, 5.41) is 1.00. The van der Waals surface area contributed by atoms with Gasteiger partial charge in [-0.05, 0) is 53.7 Å². The molecule has 0 aliphatic heterocycles. The fraction of sp³-hybridized carbons (Fsp3) is 0.571. The molecule has 0 saturated heterocycles. The zero-order valence-corrected chi connectivity index (χ0v) is 10.1. The molecule has 80 valence electrons. The van der Waals surface area contributed by atoms with Gasteiger partial charge in [0.05, 0.1) is 0 Å². The molecule has 0 radical (unpaired) electrons. The van der Waals surface area contributed by atoms with E-state index in [-0.39, 0.29) is 0 Å². The summed E-state index contributed by atoms with van der Waals surface area (Å²) in [7, 11) is 0. The van der Waals surface area contributed by atoms with Gasteiger partial charge in [-0.2, -0.15) is 0 Å². The number of hydrogen-bond acceptors (Lipinski definition) is 0. The Labute approximate surface area is 96.6 Å². The lowest BCUT2D eigenvalue weighted by Gasteiger charge is -2.20. The third kappa shape index (κ3) is 1.21. The summed E-state index contributed by atoms with van der Waals surface area (Å²) in [6.45, 7) is 4.71. The molecule has 0 aromatic heterocycles. The van der Waals surface area contributed by atoms with Crippen LogP contribution in [0.2, 0.25) is 5.02 Å². The van der Waals surface area contributed by atoms with Crippen molar-refractivity contribution in [3.05, 3.63) is 34.3 Å². The second kappa shape index (κ2) is 3.25. The third-order valence-electron chi connectivity index (χ3n) is 4.34. The number of rotatable bonds is 1. The molecule has 0 heterocycles. The van der Waals surface area contributed by atoms with Gasteiger partial charge in [0.25, 0.3) is 0 Å². The maximum absolute atomic E-state index is 6.33. The van der Waals surface area contributed by atoms with Gasteiger partial charge in [0.15, 0.2) is 0 Å². The van der Waals surface area contributed by atoms with E-state index in [0.717, 1.165) is 28.7 Å². The highest BCUT2D eigenvalue weighted by atomic mass is 35.5. The lowest BCUT2D eigenvalue weighted by atomic mass is 9.85. The maximum atomic E-state index is 6.33.